The molecule has 8 nitrogen and oxygen atoms in total. The monoisotopic (exact) mass is 606 g/mol. The number of aryl methyl sites for hydroxylation is 1. The number of carbonyl (C=O) groups excluding carboxylic acids is 1. The maximum atomic E-state index is 14.0. The highest BCUT2D eigenvalue weighted by atomic mass is 32.2. The zero-order valence-corrected chi connectivity index (χ0v) is 25.7. The smallest absolute Gasteiger partial charge is 0.348 e. The number of hydrogen-bond donors (Lipinski definition) is 1. The van der Waals surface area contributed by atoms with Crippen LogP contribution in [0.5, 0.6) is 0 Å². The fourth-order valence-electron chi connectivity index (χ4n) is 6.34. The van der Waals surface area contributed by atoms with Gasteiger partial charge in [0.1, 0.15) is 10.7 Å². The first-order valence-corrected chi connectivity index (χ1v) is 16.5. The van der Waals surface area contributed by atoms with Crippen LogP contribution in [-0.2, 0) is 9.53 Å². The highest BCUT2D eigenvalue weighted by molar-refractivity contribution is 7.97. The number of hydrogen-bond acceptors (Lipinski definition) is 8. The van der Waals surface area contributed by atoms with E-state index >= 15 is 0 Å². The van der Waals surface area contributed by atoms with Gasteiger partial charge in [-0.25, -0.2) is 14.1 Å². The van der Waals surface area contributed by atoms with Crippen LogP contribution in [0.4, 0.5) is 11.5 Å². The van der Waals surface area contributed by atoms with Gasteiger partial charge in [-0.05, 0) is 67.8 Å². The molecule has 1 saturated carbocycles. The summed E-state index contributed by atoms with van der Waals surface area (Å²) in [6, 6.07) is 14.1. The van der Waals surface area contributed by atoms with E-state index in [0.29, 0.717) is 24.8 Å². The number of pyridine rings is 1. The topological polar surface area (TPSA) is 86.2 Å². The van der Waals surface area contributed by atoms with E-state index in [9.17, 15) is 14.7 Å². The SMILES string of the molecule is Cc1ccc(-c2cc(N3C(=O)CN(Sc4ccc(N5CCCOCC5)nc4)CC3C3CCCCC3)c(C(=O)O)s2)cc1. The molecule has 3 aromatic rings. The number of anilines is 2. The lowest BCUT2D eigenvalue weighted by Crippen LogP contribution is -2.58. The molecule has 2 aromatic heterocycles. The Bertz CT molecular complexity index is 1380. The number of nitrogens with zero attached hydrogens (tertiary/aromatic N) is 4. The molecular formula is C32H38N4O4S2. The zero-order valence-electron chi connectivity index (χ0n) is 24.0. The molecule has 42 heavy (non-hydrogen) atoms. The molecule has 1 aliphatic carbocycles. The van der Waals surface area contributed by atoms with Crippen LogP contribution < -0.4 is 9.80 Å². The second-order valence-electron chi connectivity index (χ2n) is 11.4. The number of amides is 1. The summed E-state index contributed by atoms with van der Waals surface area (Å²) in [7, 11) is 0. The lowest BCUT2D eigenvalue weighted by atomic mass is 9.82. The van der Waals surface area contributed by atoms with Crippen molar-refractivity contribution in [3.63, 3.8) is 0 Å². The van der Waals surface area contributed by atoms with E-state index in [1.165, 1.54) is 17.8 Å². The zero-order chi connectivity index (χ0) is 29.1. The fourth-order valence-corrected chi connectivity index (χ4v) is 8.26. The van der Waals surface area contributed by atoms with E-state index in [1.807, 2.05) is 48.4 Å². The largest absolute Gasteiger partial charge is 0.477 e. The van der Waals surface area contributed by atoms with Crippen LogP contribution in [0.3, 0.4) is 0 Å². The van der Waals surface area contributed by atoms with Crippen molar-refractivity contribution in [2.24, 2.45) is 5.92 Å². The lowest BCUT2D eigenvalue weighted by molar-refractivity contribution is -0.121. The van der Waals surface area contributed by atoms with E-state index in [1.54, 1.807) is 11.9 Å². The molecule has 0 spiro atoms. The minimum Gasteiger partial charge on any atom is -0.477 e. The molecule has 10 heteroatoms. The minimum atomic E-state index is -0.984. The number of piperazine rings is 1. The molecule has 1 amide bonds. The maximum absolute atomic E-state index is 14.0. The van der Waals surface area contributed by atoms with Crippen LogP contribution >= 0.6 is 23.3 Å². The molecule has 3 fully saturated rings. The molecule has 1 aromatic carbocycles. The summed E-state index contributed by atoms with van der Waals surface area (Å²) in [6.07, 6.45) is 8.51. The third-order valence-electron chi connectivity index (χ3n) is 8.50. The van der Waals surface area contributed by atoms with Gasteiger partial charge < -0.3 is 19.6 Å². The predicted octanol–water partition coefficient (Wildman–Crippen LogP) is 6.35. The molecule has 3 aliphatic rings. The van der Waals surface area contributed by atoms with E-state index in [4.69, 9.17) is 9.72 Å². The molecular weight excluding hydrogens is 569 g/mol. The number of thiophene rings is 1. The number of aromatic carboxylic acids is 1. The third kappa shape index (κ3) is 6.51. The molecule has 2 aliphatic heterocycles. The Balaban J connectivity index is 1.25. The van der Waals surface area contributed by atoms with Gasteiger partial charge >= 0.3 is 5.97 Å². The molecule has 4 heterocycles. The summed E-state index contributed by atoms with van der Waals surface area (Å²) in [4.78, 5) is 37.4. The number of ether oxygens (including phenoxy) is 1. The van der Waals surface area contributed by atoms with Crippen molar-refractivity contribution in [2.45, 2.75) is 56.4 Å². The van der Waals surface area contributed by atoms with Gasteiger partial charge in [-0.15, -0.1) is 11.3 Å². The van der Waals surface area contributed by atoms with Gasteiger partial charge in [-0.2, -0.15) is 0 Å². The summed E-state index contributed by atoms with van der Waals surface area (Å²) < 4.78 is 7.72. The Hall–Kier alpha value is -2.92. The Labute approximate surface area is 255 Å². The fraction of sp³-hybridized carbons (Fsp3) is 0.469. The summed E-state index contributed by atoms with van der Waals surface area (Å²) in [5.41, 5.74) is 2.66. The van der Waals surface area contributed by atoms with E-state index in [-0.39, 0.29) is 23.4 Å². The van der Waals surface area contributed by atoms with Crippen molar-refractivity contribution in [1.29, 1.82) is 0 Å². The first kappa shape index (κ1) is 29.2. The van der Waals surface area contributed by atoms with Crippen LogP contribution in [0, 0.1) is 12.8 Å². The normalized spacial score (nSPS) is 21.0. The quantitative estimate of drug-likeness (QED) is 0.312. The third-order valence-corrected chi connectivity index (χ3v) is 10.7. The molecule has 6 rings (SSSR count). The van der Waals surface area contributed by atoms with Gasteiger partial charge in [0.15, 0.2) is 0 Å². The lowest BCUT2D eigenvalue weighted by Gasteiger charge is -2.45. The average Bonchev–Trinajstić information content (AvgIpc) is 3.25. The van der Waals surface area contributed by atoms with E-state index in [0.717, 1.165) is 78.5 Å². The predicted molar refractivity (Wildman–Crippen MR) is 169 cm³/mol. The molecule has 1 atom stereocenters. The number of benzene rings is 1. The Morgan fingerprint density at radius 2 is 1.86 bits per heavy atom. The van der Waals surface area contributed by atoms with Gasteiger partial charge in [0.25, 0.3) is 0 Å². The number of aromatic nitrogens is 1. The molecule has 222 valence electrons. The molecule has 2 saturated heterocycles. The summed E-state index contributed by atoms with van der Waals surface area (Å²) in [5.74, 6) is 0.256. The van der Waals surface area contributed by atoms with Gasteiger partial charge in [0.05, 0.1) is 24.9 Å². The molecule has 1 unspecified atom stereocenters. The van der Waals surface area contributed by atoms with Crippen molar-refractivity contribution in [2.75, 3.05) is 49.2 Å². The first-order valence-electron chi connectivity index (χ1n) is 14.9. The minimum absolute atomic E-state index is 0.0470. The van der Waals surface area contributed by atoms with Gasteiger partial charge in [0.2, 0.25) is 5.91 Å². The summed E-state index contributed by atoms with van der Waals surface area (Å²) >= 11 is 2.83. The average molecular weight is 607 g/mol. The van der Waals surface area contributed by atoms with Crippen LogP contribution in [0.1, 0.15) is 53.8 Å². The first-order chi connectivity index (χ1) is 20.5. The number of carbonyl (C=O) groups is 2. The molecule has 1 N–H and O–H groups in total. The molecule has 0 bridgehead atoms. The van der Waals surface area contributed by atoms with Crippen molar-refractivity contribution >= 4 is 46.7 Å². The Kier molecular flexibility index (Phi) is 9.14. The number of carboxylic acid groups (broad SMARTS) is 1. The van der Waals surface area contributed by atoms with Crippen molar-refractivity contribution in [3.05, 3.63) is 59.1 Å². The van der Waals surface area contributed by atoms with Crippen LogP contribution in [0.2, 0.25) is 0 Å². The Morgan fingerprint density at radius 3 is 2.60 bits per heavy atom. The number of rotatable bonds is 7. The van der Waals surface area contributed by atoms with Crippen LogP contribution in [0.25, 0.3) is 10.4 Å². The highest BCUT2D eigenvalue weighted by Gasteiger charge is 2.41. The summed E-state index contributed by atoms with van der Waals surface area (Å²) in [6.45, 7) is 6.21. The van der Waals surface area contributed by atoms with Gasteiger partial charge in [-0.1, -0.05) is 49.1 Å². The van der Waals surface area contributed by atoms with Crippen molar-refractivity contribution in [1.82, 2.24) is 9.29 Å². The summed E-state index contributed by atoms with van der Waals surface area (Å²) in [5, 5.41) is 10.2. The van der Waals surface area contributed by atoms with E-state index < -0.39 is 5.97 Å². The second kappa shape index (κ2) is 13.2. The highest BCUT2D eigenvalue weighted by Crippen LogP contribution is 2.42. The number of carboxylic acids is 1. The molecule has 0 radical (unpaired) electrons. The van der Waals surface area contributed by atoms with Crippen molar-refractivity contribution < 1.29 is 19.4 Å². The van der Waals surface area contributed by atoms with Gasteiger partial charge in [-0.3, -0.25) is 4.79 Å². The second-order valence-corrected chi connectivity index (χ2v) is 13.7. The Morgan fingerprint density at radius 1 is 1.05 bits per heavy atom. The van der Waals surface area contributed by atoms with Gasteiger partial charge in [0, 0.05) is 42.2 Å². The van der Waals surface area contributed by atoms with Crippen LogP contribution in [-0.4, -0.2) is 71.7 Å². The van der Waals surface area contributed by atoms with Crippen molar-refractivity contribution in [3.8, 4) is 10.4 Å². The van der Waals surface area contributed by atoms with E-state index in [2.05, 4.69) is 21.3 Å². The van der Waals surface area contributed by atoms with Crippen LogP contribution in [0.15, 0.2) is 53.6 Å². The maximum Gasteiger partial charge on any atom is 0.348 e. The standard InChI is InChI=1S/C32H38N4O4S2/c1-22-8-10-24(11-9-22)28-18-26(31(41-28)32(38)39)36-27(23-6-3-2-4-7-23)20-35(21-30(36)37)42-25-12-13-29(33-19-25)34-14-5-16-40-17-15-34/h8-13,18-19,23,27H,2-7,14-17,20-21H2,1H3,(H,38,39).